The zero-order valence-electron chi connectivity index (χ0n) is 11.4. The van der Waals surface area contributed by atoms with E-state index in [9.17, 15) is 14.4 Å². The van der Waals surface area contributed by atoms with E-state index in [1.54, 1.807) is 13.0 Å². The summed E-state index contributed by atoms with van der Waals surface area (Å²) in [5.74, 6) is -2.38. The Morgan fingerprint density at radius 3 is 2.50 bits per heavy atom. The average Bonchev–Trinajstić information content (AvgIpc) is 2.38. The Bertz CT molecular complexity index is 524. The van der Waals surface area contributed by atoms with Crippen LogP contribution in [0, 0.1) is 0 Å². The van der Waals surface area contributed by atoms with E-state index in [4.69, 9.17) is 5.11 Å². The number of hydrogen-bond donors (Lipinski definition) is 2. The first-order chi connectivity index (χ1) is 9.47. The van der Waals surface area contributed by atoms with Crippen LogP contribution in [0.15, 0.2) is 18.2 Å². The van der Waals surface area contributed by atoms with Crippen LogP contribution in [-0.4, -0.2) is 29.6 Å². The molecule has 1 aromatic rings. The molecular formula is C14H17NO5. The summed E-state index contributed by atoms with van der Waals surface area (Å²) in [6.07, 6.45) is 0.250. The molecule has 0 saturated carbocycles. The molecular weight excluding hydrogens is 262 g/mol. The number of amides is 1. The number of carbonyl (C=O) groups is 3. The van der Waals surface area contributed by atoms with Gasteiger partial charge in [0.05, 0.1) is 17.9 Å². The Hall–Kier alpha value is -2.37. The van der Waals surface area contributed by atoms with Crippen LogP contribution in [0.4, 0.5) is 5.69 Å². The number of benzene rings is 1. The Balaban J connectivity index is 2.84. The molecule has 0 spiro atoms. The van der Waals surface area contributed by atoms with Crippen molar-refractivity contribution in [2.24, 2.45) is 0 Å². The van der Waals surface area contributed by atoms with E-state index in [2.05, 4.69) is 10.1 Å². The number of carboxylic acids is 1. The molecule has 6 heteroatoms. The van der Waals surface area contributed by atoms with Crippen LogP contribution in [0.5, 0.6) is 0 Å². The number of hydrogen-bond acceptors (Lipinski definition) is 4. The molecule has 0 aliphatic carbocycles. The smallest absolute Gasteiger partial charge is 0.337 e. The van der Waals surface area contributed by atoms with Gasteiger partial charge in [-0.1, -0.05) is 13.0 Å². The molecule has 0 aliphatic heterocycles. The number of anilines is 1. The number of carboxylic acid groups (broad SMARTS) is 1. The fraction of sp³-hybridized carbons (Fsp3) is 0.357. The number of aromatic carboxylic acids is 1. The number of ether oxygens (including phenoxy) is 1. The van der Waals surface area contributed by atoms with Crippen LogP contribution in [-0.2, 0) is 20.7 Å². The van der Waals surface area contributed by atoms with E-state index in [1.165, 1.54) is 12.1 Å². The van der Waals surface area contributed by atoms with Gasteiger partial charge in [-0.3, -0.25) is 9.59 Å². The van der Waals surface area contributed by atoms with Crippen molar-refractivity contribution in [2.75, 3.05) is 11.9 Å². The number of rotatable bonds is 6. The van der Waals surface area contributed by atoms with E-state index < -0.39 is 24.3 Å². The first-order valence-electron chi connectivity index (χ1n) is 6.29. The Morgan fingerprint density at radius 1 is 1.25 bits per heavy atom. The fourth-order valence-corrected chi connectivity index (χ4v) is 1.63. The predicted molar refractivity (Wildman–Crippen MR) is 72.7 cm³/mol. The molecule has 1 amide bonds. The summed E-state index contributed by atoms with van der Waals surface area (Å²) in [6, 6.07) is 4.75. The second kappa shape index (κ2) is 7.28. The highest BCUT2D eigenvalue weighted by Crippen LogP contribution is 2.18. The van der Waals surface area contributed by atoms with Gasteiger partial charge in [0.15, 0.2) is 0 Å². The van der Waals surface area contributed by atoms with Crippen molar-refractivity contribution in [3.8, 4) is 0 Å². The molecule has 0 atom stereocenters. The van der Waals surface area contributed by atoms with Crippen LogP contribution >= 0.6 is 0 Å². The van der Waals surface area contributed by atoms with Crippen LogP contribution in [0.1, 0.15) is 36.2 Å². The molecule has 1 aromatic carbocycles. The van der Waals surface area contributed by atoms with E-state index in [-0.39, 0.29) is 17.9 Å². The highest BCUT2D eigenvalue weighted by Gasteiger charge is 2.15. The Labute approximate surface area is 116 Å². The van der Waals surface area contributed by atoms with Gasteiger partial charge in [0.2, 0.25) is 5.91 Å². The van der Waals surface area contributed by atoms with Crippen molar-refractivity contribution in [1.29, 1.82) is 0 Å². The quantitative estimate of drug-likeness (QED) is 0.612. The lowest BCUT2D eigenvalue weighted by molar-refractivity contribution is -0.145. The largest absolute Gasteiger partial charge is 0.478 e. The third-order valence-electron chi connectivity index (χ3n) is 2.61. The van der Waals surface area contributed by atoms with Crippen molar-refractivity contribution >= 4 is 23.5 Å². The molecule has 2 N–H and O–H groups in total. The van der Waals surface area contributed by atoms with E-state index in [1.807, 2.05) is 6.92 Å². The Morgan fingerprint density at radius 2 is 1.95 bits per heavy atom. The summed E-state index contributed by atoms with van der Waals surface area (Å²) < 4.78 is 4.65. The van der Waals surface area contributed by atoms with Gasteiger partial charge in [-0.2, -0.15) is 0 Å². The standard InChI is InChI=1S/C14H17NO5/c1-3-9-5-6-11(10(7-9)14(18)19)15-12(16)8-13(17)20-4-2/h5-7H,3-4,8H2,1-2H3,(H,15,16)(H,18,19). The molecule has 0 aliphatic rings. The maximum Gasteiger partial charge on any atom is 0.337 e. The number of aryl methyl sites for hydroxylation is 1. The second-order valence-electron chi connectivity index (χ2n) is 4.07. The van der Waals surface area contributed by atoms with Crippen LogP contribution in [0.2, 0.25) is 0 Å². The molecule has 108 valence electrons. The highest BCUT2D eigenvalue weighted by molar-refractivity contribution is 6.05. The van der Waals surface area contributed by atoms with E-state index >= 15 is 0 Å². The lowest BCUT2D eigenvalue weighted by atomic mass is 10.1. The molecule has 1 rings (SSSR count). The molecule has 0 fully saturated rings. The minimum atomic E-state index is -1.13. The summed E-state index contributed by atoms with van der Waals surface area (Å²) in [5, 5.41) is 11.5. The van der Waals surface area contributed by atoms with Gasteiger partial charge in [-0.05, 0) is 31.0 Å². The third kappa shape index (κ3) is 4.38. The summed E-state index contributed by atoms with van der Waals surface area (Å²) in [4.78, 5) is 33.9. The highest BCUT2D eigenvalue weighted by atomic mass is 16.5. The van der Waals surface area contributed by atoms with Gasteiger partial charge in [-0.15, -0.1) is 0 Å². The van der Waals surface area contributed by atoms with Crippen LogP contribution < -0.4 is 5.32 Å². The van der Waals surface area contributed by atoms with Crippen LogP contribution in [0.25, 0.3) is 0 Å². The van der Waals surface area contributed by atoms with Gasteiger partial charge >= 0.3 is 11.9 Å². The van der Waals surface area contributed by atoms with E-state index in [0.717, 1.165) is 5.56 Å². The third-order valence-corrected chi connectivity index (χ3v) is 2.61. The summed E-state index contributed by atoms with van der Waals surface area (Å²) in [5.41, 5.74) is 1.02. The lowest BCUT2D eigenvalue weighted by Gasteiger charge is -2.09. The van der Waals surface area contributed by atoms with Crippen molar-refractivity contribution in [2.45, 2.75) is 26.7 Å². The van der Waals surface area contributed by atoms with Gasteiger partial charge in [0.25, 0.3) is 0 Å². The maximum atomic E-state index is 11.6. The zero-order valence-corrected chi connectivity index (χ0v) is 11.4. The van der Waals surface area contributed by atoms with Gasteiger partial charge < -0.3 is 15.2 Å². The topological polar surface area (TPSA) is 92.7 Å². The lowest BCUT2D eigenvalue weighted by Crippen LogP contribution is -2.19. The SMILES string of the molecule is CCOC(=O)CC(=O)Nc1ccc(CC)cc1C(=O)O. The summed E-state index contributed by atoms with van der Waals surface area (Å²) >= 11 is 0. The molecule has 0 heterocycles. The summed E-state index contributed by atoms with van der Waals surface area (Å²) in [7, 11) is 0. The Kier molecular flexibility index (Phi) is 5.71. The molecule has 0 radical (unpaired) electrons. The minimum absolute atomic E-state index is 0.00144. The minimum Gasteiger partial charge on any atom is -0.478 e. The van der Waals surface area contributed by atoms with Gasteiger partial charge in [0.1, 0.15) is 6.42 Å². The number of nitrogens with one attached hydrogen (secondary N) is 1. The van der Waals surface area contributed by atoms with Gasteiger partial charge in [-0.25, -0.2) is 4.79 Å². The molecule has 0 saturated heterocycles. The average molecular weight is 279 g/mol. The molecule has 0 aromatic heterocycles. The fourth-order valence-electron chi connectivity index (χ4n) is 1.63. The van der Waals surface area contributed by atoms with Crippen molar-refractivity contribution in [1.82, 2.24) is 0 Å². The van der Waals surface area contributed by atoms with Crippen molar-refractivity contribution in [3.63, 3.8) is 0 Å². The molecule has 0 unspecified atom stereocenters. The number of esters is 1. The maximum absolute atomic E-state index is 11.6. The molecule has 0 bridgehead atoms. The first kappa shape index (κ1) is 15.7. The molecule has 6 nitrogen and oxygen atoms in total. The van der Waals surface area contributed by atoms with Crippen molar-refractivity contribution in [3.05, 3.63) is 29.3 Å². The van der Waals surface area contributed by atoms with E-state index in [0.29, 0.717) is 6.42 Å². The predicted octanol–water partition coefficient (Wildman–Crippen LogP) is 1.84. The van der Waals surface area contributed by atoms with Crippen LogP contribution in [0.3, 0.4) is 0 Å². The normalized spacial score (nSPS) is 9.90. The first-order valence-corrected chi connectivity index (χ1v) is 6.29. The van der Waals surface area contributed by atoms with Gasteiger partial charge in [0, 0.05) is 0 Å². The number of carbonyl (C=O) groups excluding carboxylic acids is 2. The monoisotopic (exact) mass is 279 g/mol. The molecule has 20 heavy (non-hydrogen) atoms. The van der Waals surface area contributed by atoms with Crippen molar-refractivity contribution < 1.29 is 24.2 Å². The zero-order chi connectivity index (χ0) is 15.1. The second-order valence-corrected chi connectivity index (χ2v) is 4.07. The summed E-state index contributed by atoms with van der Waals surface area (Å²) in [6.45, 7) is 3.74.